The Balaban J connectivity index is 2.21. The highest BCUT2D eigenvalue weighted by atomic mass is 35.5. The molecule has 1 heterocycles. The number of ether oxygens (including phenoxy) is 2. The van der Waals surface area contributed by atoms with E-state index >= 15 is 0 Å². The molecule has 1 aromatic carbocycles. The largest absolute Gasteiger partial charge is 0.389 e. The van der Waals surface area contributed by atoms with Crippen LogP contribution < -0.4 is 10.6 Å². The minimum atomic E-state index is 0.0522. The second-order valence-corrected chi connectivity index (χ2v) is 5.33. The third kappa shape index (κ3) is 3.00. The van der Waals surface area contributed by atoms with Crippen LogP contribution in [0.4, 0.5) is 5.69 Å². The van der Waals surface area contributed by atoms with E-state index in [1.165, 1.54) is 0 Å². The van der Waals surface area contributed by atoms with Gasteiger partial charge in [0.2, 0.25) is 0 Å². The van der Waals surface area contributed by atoms with Crippen molar-refractivity contribution in [3.63, 3.8) is 0 Å². The number of halogens is 1. The zero-order valence-corrected chi connectivity index (χ0v) is 12.5. The minimum Gasteiger partial charge on any atom is -0.389 e. The fourth-order valence-corrected chi connectivity index (χ4v) is 2.74. The maximum atomic E-state index is 6.30. The first-order chi connectivity index (χ1) is 9.06. The average Bonchev–Trinajstić information content (AvgIpc) is 2.81. The number of nitrogens with two attached hydrogens (primary N) is 1. The lowest BCUT2D eigenvalue weighted by molar-refractivity contribution is -0.00461. The Bertz CT molecular complexity index is 472. The number of anilines is 1. The molecule has 1 aliphatic rings. The fraction of sp³-hybridized carbons (Fsp3) is 0.462. The van der Waals surface area contributed by atoms with Crippen molar-refractivity contribution in [1.82, 2.24) is 0 Å². The summed E-state index contributed by atoms with van der Waals surface area (Å²) in [5.41, 5.74) is 7.31. The molecule has 2 atom stereocenters. The molecule has 1 aromatic rings. The average molecular weight is 301 g/mol. The summed E-state index contributed by atoms with van der Waals surface area (Å²) in [6, 6.07) is 5.61. The molecule has 0 bridgehead atoms. The van der Waals surface area contributed by atoms with Gasteiger partial charge < -0.3 is 20.1 Å². The lowest BCUT2D eigenvalue weighted by Gasteiger charge is -2.20. The van der Waals surface area contributed by atoms with E-state index in [0.29, 0.717) is 10.0 Å². The molecule has 19 heavy (non-hydrogen) atoms. The number of hydrogen-bond acceptors (Lipinski definition) is 4. The van der Waals surface area contributed by atoms with E-state index in [4.69, 9.17) is 39.0 Å². The van der Waals surface area contributed by atoms with Gasteiger partial charge in [0.05, 0.1) is 10.7 Å². The van der Waals surface area contributed by atoms with Gasteiger partial charge in [-0.3, -0.25) is 0 Å². The number of thiocarbonyl (C=S) groups is 1. The van der Waals surface area contributed by atoms with E-state index in [0.717, 1.165) is 24.3 Å². The van der Waals surface area contributed by atoms with E-state index in [-0.39, 0.29) is 12.2 Å². The van der Waals surface area contributed by atoms with Crippen molar-refractivity contribution >= 4 is 34.5 Å². The predicted molar refractivity (Wildman–Crippen MR) is 81.1 cm³/mol. The Morgan fingerprint density at radius 2 is 1.89 bits per heavy atom. The summed E-state index contributed by atoms with van der Waals surface area (Å²) in [6.45, 7) is 1.50. The van der Waals surface area contributed by atoms with Gasteiger partial charge in [-0.15, -0.1) is 0 Å². The van der Waals surface area contributed by atoms with Crippen molar-refractivity contribution in [3.05, 3.63) is 28.8 Å². The standard InChI is InChI=1S/C13H17ClN2O2S/c1-17-11-6-16(7-12(11)18-2)10-4-3-8(13(15)19)5-9(10)14/h3-5,11-12H,6-7H2,1-2H3,(H2,15,19). The lowest BCUT2D eigenvalue weighted by atomic mass is 10.2. The number of methoxy groups -OCH3 is 2. The SMILES string of the molecule is COC1CN(c2ccc(C(N)=S)cc2Cl)CC1OC. The summed E-state index contributed by atoms with van der Waals surface area (Å²) >= 11 is 11.2. The second kappa shape index (κ2) is 6.05. The Morgan fingerprint density at radius 3 is 2.32 bits per heavy atom. The third-order valence-corrected chi connectivity index (χ3v) is 3.93. The van der Waals surface area contributed by atoms with E-state index < -0.39 is 0 Å². The van der Waals surface area contributed by atoms with Crippen molar-refractivity contribution < 1.29 is 9.47 Å². The molecule has 6 heteroatoms. The molecule has 2 rings (SSSR count). The molecule has 0 radical (unpaired) electrons. The normalized spacial score (nSPS) is 22.8. The summed E-state index contributed by atoms with van der Waals surface area (Å²) in [5.74, 6) is 0. The molecule has 1 fully saturated rings. The third-order valence-electron chi connectivity index (χ3n) is 3.39. The van der Waals surface area contributed by atoms with Crippen LogP contribution in [0.15, 0.2) is 18.2 Å². The molecule has 0 aliphatic carbocycles. The topological polar surface area (TPSA) is 47.7 Å². The van der Waals surface area contributed by atoms with E-state index in [1.54, 1.807) is 20.3 Å². The Labute approximate surface area is 123 Å². The first kappa shape index (κ1) is 14.5. The Hall–Kier alpha value is -0.880. The van der Waals surface area contributed by atoms with Crippen molar-refractivity contribution in [1.29, 1.82) is 0 Å². The first-order valence-corrected chi connectivity index (χ1v) is 6.75. The molecule has 1 aliphatic heterocycles. The summed E-state index contributed by atoms with van der Waals surface area (Å²) < 4.78 is 10.8. The quantitative estimate of drug-likeness (QED) is 0.860. The number of hydrogen-bond donors (Lipinski definition) is 1. The molecule has 4 nitrogen and oxygen atoms in total. The molecule has 0 amide bonds. The number of rotatable bonds is 4. The predicted octanol–water partition coefficient (Wildman–Crippen LogP) is 1.82. The van der Waals surface area contributed by atoms with E-state index in [2.05, 4.69) is 4.90 Å². The van der Waals surface area contributed by atoms with Gasteiger partial charge in [0.25, 0.3) is 0 Å². The summed E-state index contributed by atoms with van der Waals surface area (Å²) in [4.78, 5) is 2.49. The van der Waals surface area contributed by atoms with Gasteiger partial charge >= 0.3 is 0 Å². The number of benzene rings is 1. The second-order valence-electron chi connectivity index (χ2n) is 4.48. The lowest BCUT2D eigenvalue weighted by Crippen LogP contribution is -2.27. The van der Waals surface area contributed by atoms with Crippen LogP contribution in [0, 0.1) is 0 Å². The zero-order valence-electron chi connectivity index (χ0n) is 10.9. The van der Waals surface area contributed by atoms with Crippen LogP contribution >= 0.6 is 23.8 Å². The maximum absolute atomic E-state index is 6.30. The van der Waals surface area contributed by atoms with Crippen LogP contribution in [0.1, 0.15) is 5.56 Å². The van der Waals surface area contributed by atoms with Gasteiger partial charge in [-0.05, 0) is 18.2 Å². The fourth-order valence-electron chi connectivity index (χ4n) is 2.31. The zero-order chi connectivity index (χ0) is 14.0. The van der Waals surface area contributed by atoms with Crippen LogP contribution in [0.5, 0.6) is 0 Å². The van der Waals surface area contributed by atoms with Crippen LogP contribution in [0.3, 0.4) is 0 Å². The van der Waals surface area contributed by atoms with Gasteiger partial charge in [0, 0.05) is 32.9 Å². The molecule has 2 N–H and O–H groups in total. The van der Waals surface area contributed by atoms with Crippen molar-refractivity contribution in [2.75, 3.05) is 32.2 Å². The minimum absolute atomic E-state index is 0.0522. The van der Waals surface area contributed by atoms with Gasteiger partial charge in [-0.25, -0.2) is 0 Å². The highest BCUT2D eigenvalue weighted by Crippen LogP contribution is 2.31. The van der Waals surface area contributed by atoms with Crippen molar-refractivity contribution in [3.8, 4) is 0 Å². The Morgan fingerprint density at radius 1 is 1.32 bits per heavy atom. The van der Waals surface area contributed by atoms with Gasteiger partial charge in [0.1, 0.15) is 17.2 Å². The van der Waals surface area contributed by atoms with Gasteiger partial charge in [-0.2, -0.15) is 0 Å². The molecule has 1 saturated heterocycles. The van der Waals surface area contributed by atoms with Gasteiger partial charge in [-0.1, -0.05) is 23.8 Å². The molecular formula is C13H17ClN2O2S. The molecule has 0 spiro atoms. The van der Waals surface area contributed by atoms with Crippen molar-refractivity contribution in [2.45, 2.75) is 12.2 Å². The summed E-state index contributed by atoms with van der Waals surface area (Å²) in [6.07, 6.45) is 0.104. The highest BCUT2D eigenvalue weighted by molar-refractivity contribution is 7.80. The van der Waals surface area contributed by atoms with E-state index in [1.807, 2.05) is 12.1 Å². The van der Waals surface area contributed by atoms with Crippen LogP contribution in [-0.4, -0.2) is 44.5 Å². The molecule has 104 valence electrons. The molecule has 0 saturated carbocycles. The monoisotopic (exact) mass is 300 g/mol. The highest BCUT2D eigenvalue weighted by Gasteiger charge is 2.33. The molecule has 2 unspecified atom stereocenters. The van der Waals surface area contributed by atoms with Gasteiger partial charge in [0.15, 0.2) is 0 Å². The Kier molecular flexibility index (Phi) is 4.62. The van der Waals surface area contributed by atoms with Crippen molar-refractivity contribution in [2.24, 2.45) is 5.73 Å². The first-order valence-electron chi connectivity index (χ1n) is 5.96. The smallest absolute Gasteiger partial charge is 0.104 e. The number of nitrogens with zero attached hydrogens (tertiary/aromatic N) is 1. The molecule has 0 aromatic heterocycles. The van der Waals surface area contributed by atoms with Crippen LogP contribution in [0.25, 0.3) is 0 Å². The summed E-state index contributed by atoms with van der Waals surface area (Å²) in [5, 5.41) is 0.636. The van der Waals surface area contributed by atoms with E-state index in [9.17, 15) is 0 Å². The van der Waals surface area contributed by atoms with Crippen LogP contribution in [-0.2, 0) is 9.47 Å². The summed E-state index contributed by atoms with van der Waals surface area (Å²) in [7, 11) is 3.38. The van der Waals surface area contributed by atoms with Crippen LogP contribution in [0.2, 0.25) is 5.02 Å². The molecular weight excluding hydrogens is 284 g/mol. The maximum Gasteiger partial charge on any atom is 0.104 e.